The maximum Gasteiger partial charge on any atom is 0.341 e. The highest BCUT2D eigenvalue weighted by Gasteiger charge is 2.26. The van der Waals surface area contributed by atoms with Crippen LogP contribution in [0.15, 0.2) is 16.6 Å². The fourth-order valence-corrected chi connectivity index (χ4v) is 5.31. The minimum absolute atomic E-state index is 0.143. The Kier molecular flexibility index (Phi) is 7.18. The van der Waals surface area contributed by atoms with Crippen molar-refractivity contribution >= 4 is 44.1 Å². The molecular formula is C21H24BrNO5S. The molecule has 0 radical (unpaired) electrons. The maximum atomic E-state index is 12.6. The summed E-state index contributed by atoms with van der Waals surface area (Å²) in [5.41, 5.74) is 2.50. The summed E-state index contributed by atoms with van der Waals surface area (Å²) < 4.78 is 16.4. The van der Waals surface area contributed by atoms with Gasteiger partial charge in [-0.2, -0.15) is 0 Å². The number of carbonyl (C=O) groups excluding carboxylic acids is 2. The smallest absolute Gasteiger partial charge is 0.341 e. The van der Waals surface area contributed by atoms with Crippen LogP contribution in [-0.2, 0) is 28.8 Å². The highest BCUT2D eigenvalue weighted by Crippen LogP contribution is 2.39. The summed E-state index contributed by atoms with van der Waals surface area (Å²) in [6.45, 7) is 0. The molecule has 8 heteroatoms. The standard InChI is InChI=1S/C21H24BrNO5S/c1-26-15-10-12(14(22)11-16(15)27-2)8-9-18(24)23-20-19(21(25)28-3)13-6-4-5-7-17(13)29-20/h10-11H,4-9H2,1-3H3,(H,23,24). The minimum atomic E-state index is -0.387. The van der Waals surface area contributed by atoms with E-state index in [0.717, 1.165) is 41.3 Å². The molecule has 3 rings (SSSR count). The van der Waals surface area contributed by atoms with Crippen molar-refractivity contribution in [1.82, 2.24) is 0 Å². The quantitative estimate of drug-likeness (QED) is 0.576. The van der Waals surface area contributed by atoms with E-state index in [-0.39, 0.29) is 18.3 Å². The fourth-order valence-electron chi connectivity index (χ4n) is 3.50. The first-order valence-electron chi connectivity index (χ1n) is 9.41. The molecule has 0 saturated heterocycles. The van der Waals surface area contributed by atoms with Gasteiger partial charge in [-0.25, -0.2) is 4.79 Å². The summed E-state index contributed by atoms with van der Waals surface area (Å²) in [4.78, 5) is 26.1. The number of nitrogens with one attached hydrogen (secondary N) is 1. The number of aryl methyl sites for hydroxylation is 2. The number of ether oxygens (including phenoxy) is 3. The van der Waals surface area contributed by atoms with Crippen molar-refractivity contribution in [3.8, 4) is 11.5 Å². The third-order valence-electron chi connectivity index (χ3n) is 4.99. The number of amides is 1. The van der Waals surface area contributed by atoms with Gasteiger partial charge in [-0.3, -0.25) is 4.79 Å². The number of halogens is 1. The molecule has 2 aromatic rings. The average Bonchev–Trinajstić information content (AvgIpc) is 3.09. The van der Waals surface area contributed by atoms with E-state index in [2.05, 4.69) is 21.2 Å². The van der Waals surface area contributed by atoms with Gasteiger partial charge in [0.05, 0.1) is 26.9 Å². The lowest BCUT2D eigenvalue weighted by Gasteiger charge is -2.12. The molecule has 0 saturated carbocycles. The number of rotatable bonds is 7. The maximum absolute atomic E-state index is 12.6. The van der Waals surface area contributed by atoms with E-state index < -0.39 is 0 Å². The van der Waals surface area contributed by atoms with Gasteiger partial charge in [0.2, 0.25) is 5.91 Å². The first kappa shape index (κ1) is 21.6. The zero-order valence-corrected chi connectivity index (χ0v) is 19.1. The molecule has 0 spiro atoms. The van der Waals surface area contributed by atoms with Gasteiger partial charge in [0.15, 0.2) is 11.5 Å². The Morgan fingerprint density at radius 1 is 1.10 bits per heavy atom. The molecule has 1 heterocycles. The predicted octanol–water partition coefficient (Wildman–Crippen LogP) is 4.76. The Hall–Kier alpha value is -2.06. The predicted molar refractivity (Wildman–Crippen MR) is 116 cm³/mol. The number of anilines is 1. The lowest BCUT2D eigenvalue weighted by atomic mass is 9.95. The third-order valence-corrected chi connectivity index (χ3v) is 6.93. The molecule has 1 aromatic carbocycles. The third kappa shape index (κ3) is 4.75. The first-order chi connectivity index (χ1) is 14.0. The molecular weight excluding hydrogens is 458 g/mol. The monoisotopic (exact) mass is 481 g/mol. The summed E-state index contributed by atoms with van der Waals surface area (Å²) in [6, 6.07) is 3.69. The van der Waals surface area contributed by atoms with Crippen molar-refractivity contribution in [1.29, 1.82) is 0 Å². The summed E-state index contributed by atoms with van der Waals surface area (Å²) in [5.74, 6) is 0.710. The normalized spacial score (nSPS) is 12.8. The average molecular weight is 482 g/mol. The molecule has 1 aliphatic rings. The van der Waals surface area contributed by atoms with E-state index in [9.17, 15) is 9.59 Å². The van der Waals surface area contributed by atoms with Crippen LogP contribution < -0.4 is 14.8 Å². The number of esters is 1. The number of benzene rings is 1. The molecule has 0 aliphatic heterocycles. The lowest BCUT2D eigenvalue weighted by molar-refractivity contribution is -0.116. The molecule has 0 unspecified atom stereocenters. The van der Waals surface area contributed by atoms with Crippen molar-refractivity contribution < 1.29 is 23.8 Å². The molecule has 1 amide bonds. The van der Waals surface area contributed by atoms with E-state index in [4.69, 9.17) is 14.2 Å². The van der Waals surface area contributed by atoms with Gasteiger partial charge < -0.3 is 19.5 Å². The van der Waals surface area contributed by atoms with Crippen LogP contribution in [0.25, 0.3) is 0 Å². The number of thiophene rings is 1. The zero-order chi connectivity index (χ0) is 21.0. The molecule has 0 fully saturated rings. The zero-order valence-electron chi connectivity index (χ0n) is 16.7. The van der Waals surface area contributed by atoms with Gasteiger partial charge in [-0.05, 0) is 55.4 Å². The Morgan fingerprint density at radius 2 is 1.79 bits per heavy atom. The van der Waals surface area contributed by atoms with Crippen LogP contribution in [-0.4, -0.2) is 33.2 Å². The van der Waals surface area contributed by atoms with Crippen LogP contribution in [0.4, 0.5) is 5.00 Å². The van der Waals surface area contributed by atoms with Gasteiger partial charge in [-0.1, -0.05) is 15.9 Å². The van der Waals surface area contributed by atoms with Crippen LogP contribution >= 0.6 is 27.3 Å². The summed E-state index contributed by atoms with van der Waals surface area (Å²) in [5, 5.41) is 3.53. The van der Waals surface area contributed by atoms with Crippen LogP contribution in [0.5, 0.6) is 11.5 Å². The van der Waals surface area contributed by atoms with Gasteiger partial charge in [0.25, 0.3) is 0 Å². The molecule has 0 bridgehead atoms. The highest BCUT2D eigenvalue weighted by molar-refractivity contribution is 9.10. The summed E-state index contributed by atoms with van der Waals surface area (Å²) >= 11 is 5.01. The Bertz CT molecular complexity index is 924. The number of methoxy groups -OCH3 is 3. The Balaban J connectivity index is 1.74. The molecule has 0 atom stereocenters. The number of fused-ring (bicyclic) bond motifs is 1. The second-order valence-electron chi connectivity index (χ2n) is 6.75. The Labute approximate surface area is 182 Å². The second-order valence-corrected chi connectivity index (χ2v) is 8.71. The van der Waals surface area contributed by atoms with Crippen LogP contribution in [0.2, 0.25) is 0 Å². The number of hydrogen-bond donors (Lipinski definition) is 1. The minimum Gasteiger partial charge on any atom is -0.493 e. The number of carbonyl (C=O) groups is 2. The fraction of sp³-hybridized carbons (Fsp3) is 0.429. The summed E-state index contributed by atoms with van der Waals surface area (Å²) in [7, 11) is 4.53. The van der Waals surface area contributed by atoms with Crippen LogP contribution in [0, 0.1) is 0 Å². The van der Waals surface area contributed by atoms with Crippen molar-refractivity contribution in [2.75, 3.05) is 26.6 Å². The van der Waals surface area contributed by atoms with E-state index in [1.807, 2.05) is 12.1 Å². The second kappa shape index (κ2) is 9.63. The molecule has 1 aliphatic carbocycles. The van der Waals surface area contributed by atoms with Gasteiger partial charge in [-0.15, -0.1) is 11.3 Å². The van der Waals surface area contributed by atoms with Gasteiger partial charge >= 0.3 is 5.97 Å². The molecule has 6 nitrogen and oxygen atoms in total. The van der Waals surface area contributed by atoms with Crippen LogP contribution in [0.3, 0.4) is 0 Å². The molecule has 1 N–H and O–H groups in total. The van der Waals surface area contributed by atoms with Gasteiger partial charge in [0.1, 0.15) is 5.00 Å². The lowest BCUT2D eigenvalue weighted by Crippen LogP contribution is -2.15. The van der Waals surface area contributed by atoms with Gasteiger partial charge in [0, 0.05) is 15.8 Å². The molecule has 1 aromatic heterocycles. The highest BCUT2D eigenvalue weighted by atomic mass is 79.9. The Morgan fingerprint density at radius 3 is 2.48 bits per heavy atom. The van der Waals surface area contributed by atoms with Crippen molar-refractivity contribution in [2.45, 2.75) is 38.5 Å². The van der Waals surface area contributed by atoms with Crippen molar-refractivity contribution in [3.63, 3.8) is 0 Å². The largest absolute Gasteiger partial charge is 0.493 e. The van der Waals surface area contributed by atoms with Crippen LogP contribution in [0.1, 0.15) is 45.6 Å². The number of hydrogen-bond acceptors (Lipinski definition) is 6. The van der Waals surface area contributed by atoms with Crippen molar-refractivity contribution in [2.24, 2.45) is 0 Å². The van der Waals surface area contributed by atoms with E-state index in [0.29, 0.717) is 28.5 Å². The van der Waals surface area contributed by atoms with Crippen molar-refractivity contribution in [3.05, 3.63) is 38.2 Å². The topological polar surface area (TPSA) is 73.9 Å². The molecule has 156 valence electrons. The van der Waals surface area contributed by atoms with E-state index >= 15 is 0 Å². The van der Waals surface area contributed by atoms with E-state index in [1.54, 1.807) is 14.2 Å². The van der Waals surface area contributed by atoms with E-state index in [1.165, 1.54) is 23.3 Å². The SMILES string of the molecule is COC(=O)c1c(NC(=O)CCc2cc(OC)c(OC)cc2Br)sc2c1CCCC2. The first-order valence-corrected chi connectivity index (χ1v) is 11.0. The summed E-state index contributed by atoms with van der Waals surface area (Å²) in [6.07, 6.45) is 4.75. The molecule has 29 heavy (non-hydrogen) atoms.